The fourth-order valence-electron chi connectivity index (χ4n) is 3.15. The Labute approximate surface area is 182 Å². The first-order valence-electron chi connectivity index (χ1n) is 9.22. The zero-order chi connectivity index (χ0) is 21.1. The van der Waals surface area contributed by atoms with Crippen molar-refractivity contribution in [2.45, 2.75) is 23.7 Å². The first kappa shape index (κ1) is 21.0. The Morgan fingerprint density at radius 2 is 1.97 bits per heavy atom. The molecule has 4 rings (SSSR count). The van der Waals surface area contributed by atoms with Gasteiger partial charge in [-0.1, -0.05) is 22.8 Å². The van der Waals surface area contributed by atoms with Gasteiger partial charge in [-0.3, -0.25) is 4.79 Å². The van der Waals surface area contributed by atoms with Crippen molar-refractivity contribution in [1.29, 1.82) is 0 Å². The summed E-state index contributed by atoms with van der Waals surface area (Å²) in [6.45, 7) is 0.426. The van der Waals surface area contributed by atoms with Crippen molar-refractivity contribution >= 4 is 38.9 Å². The molecule has 1 aliphatic rings. The maximum Gasteiger partial charge on any atom is 0.309 e. The van der Waals surface area contributed by atoms with Crippen LogP contribution in [0, 0.1) is 5.92 Å². The molecule has 0 saturated carbocycles. The highest BCUT2D eigenvalue weighted by Gasteiger charge is 2.33. The number of thiophene rings is 1. The van der Waals surface area contributed by atoms with Crippen LogP contribution in [0.2, 0.25) is 5.02 Å². The van der Waals surface area contributed by atoms with E-state index < -0.39 is 16.0 Å². The average Bonchev–Trinajstić information content (AvgIpc) is 3.45. The van der Waals surface area contributed by atoms with Crippen LogP contribution in [-0.2, 0) is 26.2 Å². The van der Waals surface area contributed by atoms with E-state index in [9.17, 15) is 13.2 Å². The number of hydrogen-bond donors (Lipinski definition) is 0. The third kappa shape index (κ3) is 4.56. The molecule has 0 N–H and O–H groups in total. The largest absolute Gasteiger partial charge is 0.455 e. The molecule has 1 saturated heterocycles. The van der Waals surface area contributed by atoms with Gasteiger partial charge in [-0.15, -0.1) is 11.3 Å². The summed E-state index contributed by atoms with van der Waals surface area (Å²) in [5.41, 5.74) is 0.736. The quantitative estimate of drug-likeness (QED) is 0.510. The topological polar surface area (TPSA) is 103 Å². The summed E-state index contributed by atoms with van der Waals surface area (Å²) in [6.07, 6.45) is 0.812. The van der Waals surface area contributed by atoms with E-state index in [-0.39, 0.29) is 31.5 Å². The third-order valence-corrected chi connectivity index (χ3v) is 8.31. The van der Waals surface area contributed by atoms with E-state index in [2.05, 4.69) is 10.1 Å². The minimum Gasteiger partial charge on any atom is -0.455 e. The van der Waals surface area contributed by atoms with Crippen molar-refractivity contribution in [2.24, 2.45) is 5.92 Å². The minimum absolute atomic E-state index is 0.132. The van der Waals surface area contributed by atoms with E-state index in [4.69, 9.17) is 20.9 Å². The zero-order valence-electron chi connectivity index (χ0n) is 15.7. The van der Waals surface area contributed by atoms with Gasteiger partial charge in [0.25, 0.3) is 15.9 Å². The number of rotatable bonds is 6. The van der Waals surface area contributed by atoms with Crippen LogP contribution in [0.15, 0.2) is 50.5 Å². The number of carbonyl (C=O) groups is 1. The Balaban J connectivity index is 1.29. The molecule has 0 unspecified atom stereocenters. The molecule has 1 aliphatic heterocycles. The summed E-state index contributed by atoms with van der Waals surface area (Å²) >= 11 is 7.05. The van der Waals surface area contributed by atoms with E-state index in [0.29, 0.717) is 27.9 Å². The number of nitrogens with zero attached hydrogens (tertiary/aromatic N) is 3. The lowest BCUT2D eigenvalue weighted by Gasteiger charge is -2.29. The molecular formula is C19H18ClN3O5S2. The molecule has 8 nitrogen and oxygen atoms in total. The first-order valence-corrected chi connectivity index (χ1v) is 11.9. The highest BCUT2D eigenvalue weighted by Crippen LogP contribution is 2.27. The second-order valence-corrected chi connectivity index (χ2v) is 10.3. The molecule has 0 aliphatic carbocycles. The molecule has 0 spiro atoms. The van der Waals surface area contributed by atoms with Gasteiger partial charge in [0.15, 0.2) is 6.61 Å². The lowest BCUT2D eigenvalue weighted by molar-refractivity contribution is -0.152. The number of hydrogen-bond acceptors (Lipinski definition) is 8. The smallest absolute Gasteiger partial charge is 0.309 e. The fraction of sp³-hybridized carbons (Fsp3) is 0.316. The number of ether oxygens (including phenoxy) is 1. The molecule has 0 bridgehead atoms. The van der Waals surface area contributed by atoms with Crippen LogP contribution in [0.4, 0.5) is 0 Å². The molecule has 30 heavy (non-hydrogen) atoms. The van der Waals surface area contributed by atoms with E-state index >= 15 is 0 Å². The second-order valence-electron chi connectivity index (χ2n) is 6.74. The molecule has 0 atom stereocenters. The van der Waals surface area contributed by atoms with E-state index in [1.54, 1.807) is 41.8 Å². The Kier molecular flexibility index (Phi) is 6.19. The normalized spacial score (nSPS) is 15.9. The summed E-state index contributed by atoms with van der Waals surface area (Å²) in [5, 5.41) is 6.21. The van der Waals surface area contributed by atoms with Crippen molar-refractivity contribution in [3.05, 3.63) is 52.7 Å². The van der Waals surface area contributed by atoms with Crippen molar-refractivity contribution in [3.63, 3.8) is 0 Å². The molecule has 0 radical (unpaired) electrons. The van der Waals surface area contributed by atoms with Gasteiger partial charge in [0.2, 0.25) is 5.82 Å². The van der Waals surface area contributed by atoms with Gasteiger partial charge < -0.3 is 9.26 Å². The number of carbonyl (C=O) groups excluding carboxylic acids is 1. The standard InChI is InChI=1S/C19H18ClN3O5S2/c20-15-5-3-13(4-6-15)18-21-16(28-22-18)12-27-19(24)14-7-9-23(10-8-14)30(25,26)17-2-1-11-29-17/h1-6,11,14H,7-10,12H2. The van der Waals surface area contributed by atoms with Crippen LogP contribution < -0.4 is 0 Å². The molecule has 2 aromatic heterocycles. The molecule has 158 valence electrons. The number of benzene rings is 1. The van der Waals surface area contributed by atoms with Gasteiger partial charge in [-0.25, -0.2) is 8.42 Å². The molecular weight excluding hydrogens is 450 g/mol. The van der Waals surface area contributed by atoms with Gasteiger partial charge in [0, 0.05) is 23.7 Å². The Bertz CT molecular complexity index is 1110. The van der Waals surface area contributed by atoms with Gasteiger partial charge in [-0.2, -0.15) is 9.29 Å². The lowest BCUT2D eigenvalue weighted by atomic mass is 9.98. The van der Waals surface area contributed by atoms with Gasteiger partial charge in [0.05, 0.1) is 5.92 Å². The monoisotopic (exact) mass is 467 g/mol. The fourth-order valence-corrected chi connectivity index (χ4v) is 5.89. The number of piperidine rings is 1. The molecule has 3 aromatic rings. The summed E-state index contributed by atoms with van der Waals surface area (Å²) in [4.78, 5) is 16.6. The Hall–Kier alpha value is -2.27. The van der Waals surface area contributed by atoms with Crippen LogP contribution >= 0.6 is 22.9 Å². The molecule has 11 heteroatoms. The number of esters is 1. The van der Waals surface area contributed by atoms with E-state index in [0.717, 1.165) is 5.56 Å². The Morgan fingerprint density at radius 3 is 2.63 bits per heavy atom. The first-order chi connectivity index (χ1) is 14.4. The summed E-state index contributed by atoms with van der Waals surface area (Å²) in [6, 6.07) is 10.3. The second kappa shape index (κ2) is 8.84. The van der Waals surface area contributed by atoms with E-state index in [1.807, 2.05) is 0 Å². The van der Waals surface area contributed by atoms with Crippen molar-refractivity contribution < 1.29 is 22.5 Å². The minimum atomic E-state index is -3.49. The van der Waals surface area contributed by atoms with Gasteiger partial charge >= 0.3 is 5.97 Å². The van der Waals surface area contributed by atoms with Crippen molar-refractivity contribution in [1.82, 2.24) is 14.4 Å². The predicted octanol–water partition coefficient (Wildman–Crippen LogP) is 3.60. The summed E-state index contributed by atoms with van der Waals surface area (Å²) < 4.78 is 37.3. The van der Waals surface area contributed by atoms with Crippen LogP contribution in [0.25, 0.3) is 11.4 Å². The number of aromatic nitrogens is 2. The number of sulfonamides is 1. The van der Waals surface area contributed by atoms with Crippen molar-refractivity contribution in [2.75, 3.05) is 13.1 Å². The highest BCUT2D eigenvalue weighted by molar-refractivity contribution is 7.91. The molecule has 0 amide bonds. The average molecular weight is 468 g/mol. The maximum absolute atomic E-state index is 12.6. The van der Waals surface area contributed by atoms with Crippen LogP contribution in [0.1, 0.15) is 18.7 Å². The number of halogens is 1. The van der Waals surface area contributed by atoms with Crippen LogP contribution in [0.3, 0.4) is 0 Å². The van der Waals surface area contributed by atoms with E-state index in [1.165, 1.54) is 15.6 Å². The Morgan fingerprint density at radius 1 is 1.23 bits per heavy atom. The molecule has 3 heterocycles. The van der Waals surface area contributed by atoms with Gasteiger partial charge in [0.1, 0.15) is 4.21 Å². The third-order valence-electron chi connectivity index (χ3n) is 4.78. The van der Waals surface area contributed by atoms with Gasteiger partial charge in [-0.05, 0) is 48.6 Å². The predicted molar refractivity (Wildman–Crippen MR) is 110 cm³/mol. The highest BCUT2D eigenvalue weighted by atomic mass is 35.5. The summed E-state index contributed by atoms with van der Waals surface area (Å²) in [7, 11) is -3.49. The van der Waals surface area contributed by atoms with Crippen LogP contribution in [0.5, 0.6) is 0 Å². The zero-order valence-corrected chi connectivity index (χ0v) is 18.1. The lowest BCUT2D eigenvalue weighted by Crippen LogP contribution is -2.40. The SMILES string of the molecule is O=C(OCc1nc(-c2ccc(Cl)cc2)no1)C1CCN(S(=O)(=O)c2cccs2)CC1. The van der Waals surface area contributed by atoms with Crippen molar-refractivity contribution in [3.8, 4) is 11.4 Å². The van der Waals surface area contributed by atoms with Crippen LogP contribution in [-0.4, -0.2) is 41.9 Å². The summed E-state index contributed by atoms with van der Waals surface area (Å²) in [5.74, 6) is -0.191. The maximum atomic E-state index is 12.6. The molecule has 1 aromatic carbocycles. The molecule has 1 fully saturated rings.